The molecule has 4 N–H and O–H groups in total. The fraction of sp³-hybridized carbons (Fsp3) is 0.444. The summed E-state index contributed by atoms with van der Waals surface area (Å²) < 4.78 is 5.73. The zero-order chi connectivity index (χ0) is 24.8. The Bertz CT molecular complexity index is 1030. The van der Waals surface area contributed by atoms with Crippen molar-refractivity contribution in [2.24, 2.45) is 0 Å². The van der Waals surface area contributed by atoms with Crippen LogP contribution in [0.25, 0.3) is 11.1 Å². The molecule has 2 aromatic carbocycles. The maximum Gasteiger partial charge on any atom is 0.407 e. The summed E-state index contributed by atoms with van der Waals surface area (Å²) in [6, 6.07) is 16.3. The maximum absolute atomic E-state index is 12.9. The number of carbonyl (C=O) groups is 3. The molecule has 8 nitrogen and oxygen atoms in total. The number of carbonyl (C=O) groups excluding carboxylic acids is 2. The highest BCUT2D eigenvalue weighted by Crippen LogP contribution is 2.44. The normalized spacial score (nSPS) is 17.1. The lowest BCUT2D eigenvalue weighted by Gasteiger charge is -2.38. The van der Waals surface area contributed by atoms with Crippen molar-refractivity contribution in [3.63, 3.8) is 0 Å². The van der Waals surface area contributed by atoms with Crippen LogP contribution in [0.3, 0.4) is 0 Å². The van der Waals surface area contributed by atoms with Gasteiger partial charge in [0.15, 0.2) is 6.10 Å². The minimum Gasteiger partial charge on any atom is -0.479 e. The number of benzene rings is 2. The lowest BCUT2D eigenvalue weighted by atomic mass is 9.78. The molecular weight excluding hydrogens is 448 g/mol. The molecule has 1 unspecified atom stereocenters. The largest absolute Gasteiger partial charge is 0.479 e. The van der Waals surface area contributed by atoms with Crippen molar-refractivity contribution in [1.29, 1.82) is 0 Å². The Hall–Kier alpha value is -3.39. The number of hydrogen-bond acceptors (Lipinski definition) is 5. The summed E-state index contributed by atoms with van der Waals surface area (Å²) in [6.45, 7) is -0.121. The van der Waals surface area contributed by atoms with Crippen LogP contribution in [0.1, 0.15) is 62.0 Å². The first-order valence-corrected chi connectivity index (χ1v) is 12.2. The van der Waals surface area contributed by atoms with Crippen LogP contribution in [0.5, 0.6) is 0 Å². The number of rotatable bonds is 9. The fourth-order valence-corrected chi connectivity index (χ4v) is 5.26. The maximum atomic E-state index is 12.9. The van der Waals surface area contributed by atoms with Crippen molar-refractivity contribution in [2.45, 2.75) is 62.5 Å². The predicted octanol–water partition coefficient (Wildman–Crippen LogP) is 3.57. The van der Waals surface area contributed by atoms with Gasteiger partial charge in [0.25, 0.3) is 0 Å². The van der Waals surface area contributed by atoms with Crippen LogP contribution in [0.2, 0.25) is 0 Å². The molecular formula is C27H32N2O6. The van der Waals surface area contributed by atoms with Crippen LogP contribution in [0.15, 0.2) is 48.5 Å². The average molecular weight is 481 g/mol. The van der Waals surface area contributed by atoms with Gasteiger partial charge in [0, 0.05) is 17.9 Å². The van der Waals surface area contributed by atoms with E-state index in [1.165, 1.54) is 11.1 Å². The van der Waals surface area contributed by atoms with E-state index < -0.39 is 23.7 Å². The van der Waals surface area contributed by atoms with Crippen LogP contribution in [0, 0.1) is 0 Å². The second kappa shape index (κ2) is 10.9. The summed E-state index contributed by atoms with van der Waals surface area (Å²) in [5.74, 6) is -1.77. The van der Waals surface area contributed by atoms with Crippen LogP contribution in [0.4, 0.5) is 4.79 Å². The van der Waals surface area contributed by atoms with Gasteiger partial charge in [0.05, 0.1) is 6.54 Å². The Morgan fingerprint density at radius 2 is 1.57 bits per heavy atom. The van der Waals surface area contributed by atoms with Crippen LogP contribution in [-0.2, 0) is 14.3 Å². The Morgan fingerprint density at radius 3 is 2.17 bits per heavy atom. The number of hydrogen-bond donors (Lipinski definition) is 4. The topological polar surface area (TPSA) is 125 Å². The standard InChI is InChI=1S/C27H32N2O6/c30-23(25(32)33)16-28-24(31)12-15-27(13-6-1-7-14-27)29-26(34)35-17-22-20-10-4-2-8-18(20)19-9-3-5-11-21(19)22/h2-5,8-11,22-23,30H,1,6-7,12-17H2,(H,28,31)(H,29,34)(H,32,33). The summed E-state index contributed by atoms with van der Waals surface area (Å²) in [6.07, 6.45) is 2.89. The summed E-state index contributed by atoms with van der Waals surface area (Å²) in [5.41, 5.74) is 4.09. The second-order valence-electron chi connectivity index (χ2n) is 9.45. The quantitative estimate of drug-likeness (QED) is 0.435. The highest BCUT2D eigenvalue weighted by atomic mass is 16.5. The zero-order valence-corrected chi connectivity index (χ0v) is 19.7. The number of carboxylic acid groups (broad SMARTS) is 1. The molecule has 186 valence electrons. The van der Waals surface area contributed by atoms with E-state index in [-0.39, 0.29) is 31.4 Å². The summed E-state index contributed by atoms with van der Waals surface area (Å²) in [5, 5.41) is 23.6. The van der Waals surface area contributed by atoms with Gasteiger partial charge < -0.3 is 25.6 Å². The fourth-order valence-electron chi connectivity index (χ4n) is 5.26. The molecule has 2 aliphatic carbocycles. The number of fused-ring (bicyclic) bond motifs is 3. The van der Waals surface area contributed by atoms with E-state index in [0.29, 0.717) is 6.42 Å². The number of aliphatic hydroxyl groups excluding tert-OH is 1. The third-order valence-corrected chi connectivity index (χ3v) is 7.13. The Labute approximate surface area is 204 Å². The molecule has 0 aliphatic heterocycles. The molecule has 2 amide bonds. The van der Waals surface area contributed by atoms with Gasteiger partial charge in [0.2, 0.25) is 5.91 Å². The summed E-state index contributed by atoms with van der Waals surface area (Å²) >= 11 is 0. The van der Waals surface area contributed by atoms with E-state index >= 15 is 0 Å². The smallest absolute Gasteiger partial charge is 0.407 e. The molecule has 35 heavy (non-hydrogen) atoms. The molecule has 0 heterocycles. The second-order valence-corrected chi connectivity index (χ2v) is 9.45. The van der Waals surface area contributed by atoms with Crippen LogP contribution >= 0.6 is 0 Å². The number of ether oxygens (including phenoxy) is 1. The Morgan fingerprint density at radius 1 is 0.971 bits per heavy atom. The Balaban J connectivity index is 1.35. The van der Waals surface area contributed by atoms with Crippen molar-refractivity contribution < 1.29 is 29.3 Å². The number of aliphatic hydroxyl groups is 1. The molecule has 0 saturated heterocycles. The average Bonchev–Trinajstić information content (AvgIpc) is 3.19. The molecule has 0 bridgehead atoms. The number of carboxylic acids is 1. The minimum absolute atomic E-state index is 0.0260. The molecule has 0 spiro atoms. The lowest BCUT2D eigenvalue weighted by Crippen LogP contribution is -2.50. The highest BCUT2D eigenvalue weighted by molar-refractivity contribution is 5.79. The van der Waals surface area contributed by atoms with Crippen LogP contribution in [-0.4, -0.2) is 53.0 Å². The van der Waals surface area contributed by atoms with E-state index in [1.807, 2.05) is 24.3 Å². The Kier molecular flexibility index (Phi) is 7.70. The van der Waals surface area contributed by atoms with Crippen molar-refractivity contribution in [3.8, 4) is 11.1 Å². The lowest BCUT2D eigenvalue weighted by molar-refractivity contribution is -0.146. The number of aliphatic carboxylic acids is 1. The van der Waals surface area contributed by atoms with Crippen molar-refractivity contribution in [1.82, 2.24) is 10.6 Å². The third-order valence-electron chi connectivity index (χ3n) is 7.13. The zero-order valence-electron chi connectivity index (χ0n) is 19.7. The van der Waals surface area contributed by atoms with Gasteiger partial charge in [-0.2, -0.15) is 0 Å². The van der Waals surface area contributed by atoms with Gasteiger partial charge in [-0.15, -0.1) is 0 Å². The first-order valence-electron chi connectivity index (χ1n) is 12.2. The van der Waals surface area contributed by atoms with Crippen molar-refractivity contribution in [3.05, 3.63) is 59.7 Å². The number of amides is 2. The van der Waals surface area contributed by atoms with Crippen molar-refractivity contribution >= 4 is 18.0 Å². The van der Waals surface area contributed by atoms with Gasteiger partial charge in [-0.25, -0.2) is 9.59 Å². The van der Waals surface area contributed by atoms with Gasteiger partial charge in [-0.05, 0) is 41.5 Å². The van der Waals surface area contributed by atoms with E-state index in [2.05, 4.69) is 34.9 Å². The first kappa shape index (κ1) is 24.7. The van der Waals surface area contributed by atoms with Crippen LogP contribution < -0.4 is 10.6 Å². The highest BCUT2D eigenvalue weighted by Gasteiger charge is 2.35. The summed E-state index contributed by atoms with van der Waals surface area (Å²) in [7, 11) is 0. The molecule has 1 fully saturated rings. The molecule has 2 aromatic rings. The third kappa shape index (κ3) is 5.82. The molecule has 1 atom stereocenters. The van der Waals surface area contributed by atoms with E-state index in [1.54, 1.807) is 0 Å². The number of alkyl carbamates (subject to hydrolysis) is 1. The molecule has 4 rings (SSSR count). The van der Waals surface area contributed by atoms with E-state index in [0.717, 1.165) is 43.2 Å². The summed E-state index contributed by atoms with van der Waals surface area (Å²) in [4.78, 5) is 35.8. The molecule has 8 heteroatoms. The van der Waals surface area contributed by atoms with Gasteiger partial charge in [-0.3, -0.25) is 4.79 Å². The molecule has 0 aromatic heterocycles. The molecule has 0 radical (unpaired) electrons. The van der Waals surface area contributed by atoms with Gasteiger partial charge >= 0.3 is 12.1 Å². The SMILES string of the molecule is O=C(CCC1(NC(=O)OCC2c3ccccc3-c3ccccc32)CCCCC1)NCC(O)C(=O)O. The van der Waals surface area contributed by atoms with E-state index in [9.17, 15) is 19.5 Å². The molecule has 1 saturated carbocycles. The molecule has 2 aliphatic rings. The van der Waals surface area contributed by atoms with E-state index in [4.69, 9.17) is 9.84 Å². The van der Waals surface area contributed by atoms with Gasteiger partial charge in [-0.1, -0.05) is 67.8 Å². The monoisotopic (exact) mass is 480 g/mol. The minimum atomic E-state index is -1.64. The number of nitrogens with one attached hydrogen (secondary N) is 2. The van der Waals surface area contributed by atoms with Crippen molar-refractivity contribution in [2.75, 3.05) is 13.2 Å². The van der Waals surface area contributed by atoms with Gasteiger partial charge in [0.1, 0.15) is 6.61 Å². The predicted molar refractivity (Wildman–Crippen MR) is 130 cm³/mol. The first-order chi connectivity index (χ1) is 16.9.